The number of hydrogen-bond donors (Lipinski definition) is 1. The van der Waals surface area contributed by atoms with Crippen molar-refractivity contribution in [3.63, 3.8) is 0 Å². The van der Waals surface area contributed by atoms with E-state index in [9.17, 15) is 4.79 Å². The van der Waals surface area contributed by atoms with Crippen molar-refractivity contribution < 1.29 is 9.21 Å². The lowest BCUT2D eigenvalue weighted by Crippen LogP contribution is -2.33. The molecule has 1 amide bonds. The van der Waals surface area contributed by atoms with Crippen molar-refractivity contribution in [1.29, 1.82) is 0 Å². The van der Waals surface area contributed by atoms with Crippen molar-refractivity contribution in [2.75, 3.05) is 0 Å². The molecule has 0 saturated carbocycles. The van der Waals surface area contributed by atoms with Crippen LogP contribution in [-0.2, 0) is 15.5 Å². The molecule has 94 valence electrons. The molecule has 1 unspecified atom stereocenters. The molecule has 0 radical (unpaired) electrons. The van der Waals surface area contributed by atoms with Crippen LogP contribution in [0, 0.1) is 0 Å². The van der Waals surface area contributed by atoms with Crippen LogP contribution in [0.3, 0.4) is 0 Å². The number of primary amides is 1. The monoisotopic (exact) mass is 309 g/mol. The van der Waals surface area contributed by atoms with Crippen LogP contribution in [0.15, 0.2) is 35.2 Å². The Morgan fingerprint density at radius 2 is 2.28 bits per heavy atom. The third-order valence-electron chi connectivity index (χ3n) is 2.61. The van der Waals surface area contributed by atoms with E-state index in [2.05, 4.69) is 25.9 Å². The van der Waals surface area contributed by atoms with Gasteiger partial charge in [-0.05, 0) is 18.6 Å². The number of aromatic nitrogens is 2. The number of carbonyl (C=O) groups is 1. The molecule has 1 atom stereocenters. The fraction of sp³-hybridized carbons (Fsp3) is 0.250. The summed E-state index contributed by atoms with van der Waals surface area (Å²) in [4.78, 5) is 19.5. The second-order valence-electron chi connectivity index (χ2n) is 4.02. The normalized spacial score (nSPS) is 14.1. The SMILES string of the molecule is CC(Br)(C(N)=O)c1ccc(Cc2ncco2)cn1. The highest BCUT2D eigenvalue weighted by Gasteiger charge is 2.31. The molecule has 0 aliphatic heterocycles. The zero-order chi connectivity index (χ0) is 13.2. The largest absolute Gasteiger partial charge is 0.449 e. The van der Waals surface area contributed by atoms with Gasteiger partial charge in [-0.3, -0.25) is 9.78 Å². The van der Waals surface area contributed by atoms with Gasteiger partial charge in [-0.1, -0.05) is 22.0 Å². The lowest BCUT2D eigenvalue weighted by Gasteiger charge is -2.17. The standard InChI is InChI=1S/C12H12BrN3O2/c1-12(13,11(14)17)9-3-2-8(7-16-9)6-10-15-4-5-18-10/h2-5,7H,6H2,1H3,(H2,14,17). The van der Waals surface area contributed by atoms with E-state index in [1.165, 1.54) is 6.26 Å². The van der Waals surface area contributed by atoms with Crippen molar-refractivity contribution in [3.05, 3.63) is 47.9 Å². The molecule has 18 heavy (non-hydrogen) atoms. The number of rotatable bonds is 4. The molecule has 6 heteroatoms. The van der Waals surface area contributed by atoms with Gasteiger partial charge in [-0.25, -0.2) is 4.98 Å². The minimum atomic E-state index is -0.950. The summed E-state index contributed by atoms with van der Waals surface area (Å²) >= 11 is 3.27. The summed E-state index contributed by atoms with van der Waals surface area (Å²) in [5.74, 6) is 0.150. The first kappa shape index (κ1) is 12.8. The zero-order valence-electron chi connectivity index (χ0n) is 9.76. The molecule has 0 spiro atoms. The minimum absolute atomic E-state index is 0.476. The van der Waals surface area contributed by atoms with Crippen LogP contribution in [0.4, 0.5) is 0 Å². The Morgan fingerprint density at radius 1 is 1.50 bits per heavy atom. The van der Waals surface area contributed by atoms with Gasteiger partial charge < -0.3 is 10.2 Å². The molecule has 0 saturated heterocycles. The van der Waals surface area contributed by atoms with Gasteiger partial charge in [-0.15, -0.1) is 0 Å². The summed E-state index contributed by atoms with van der Waals surface area (Å²) in [7, 11) is 0. The smallest absolute Gasteiger partial charge is 0.240 e. The molecule has 5 nitrogen and oxygen atoms in total. The van der Waals surface area contributed by atoms with Gasteiger partial charge in [-0.2, -0.15) is 0 Å². The molecule has 2 rings (SSSR count). The molecule has 2 aromatic rings. The molecular formula is C12H12BrN3O2. The number of amides is 1. The third kappa shape index (κ3) is 2.59. The van der Waals surface area contributed by atoms with Crippen molar-refractivity contribution in [1.82, 2.24) is 9.97 Å². The number of carbonyl (C=O) groups excluding carboxylic acids is 1. The van der Waals surface area contributed by atoms with Crippen LogP contribution < -0.4 is 5.73 Å². The molecule has 0 aliphatic carbocycles. The number of pyridine rings is 1. The van der Waals surface area contributed by atoms with Crippen LogP contribution in [-0.4, -0.2) is 15.9 Å². The maximum Gasteiger partial charge on any atom is 0.240 e. The molecule has 0 bridgehead atoms. The van der Waals surface area contributed by atoms with Gasteiger partial charge in [0.1, 0.15) is 10.6 Å². The highest BCUT2D eigenvalue weighted by Crippen LogP contribution is 2.28. The Bertz CT molecular complexity index is 535. The average Bonchev–Trinajstić information content (AvgIpc) is 2.82. The summed E-state index contributed by atoms with van der Waals surface area (Å²) in [6, 6.07) is 3.63. The Kier molecular flexibility index (Phi) is 3.47. The van der Waals surface area contributed by atoms with E-state index < -0.39 is 10.2 Å². The first-order valence-corrected chi connectivity index (χ1v) is 6.12. The number of oxazole rings is 1. The Hall–Kier alpha value is -1.69. The first-order valence-electron chi connectivity index (χ1n) is 5.33. The first-order chi connectivity index (χ1) is 8.50. The third-order valence-corrected chi connectivity index (χ3v) is 3.40. The maximum absolute atomic E-state index is 11.3. The molecule has 2 heterocycles. The van der Waals surface area contributed by atoms with Crippen LogP contribution in [0.2, 0.25) is 0 Å². The van der Waals surface area contributed by atoms with E-state index in [1.807, 2.05) is 6.07 Å². The summed E-state index contributed by atoms with van der Waals surface area (Å²) in [6.07, 6.45) is 5.37. The lowest BCUT2D eigenvalue weighted by molar-refractivity contribution is -0.120. The van der Waals surface area contributed by atoms with Crippen LogP contribution in [0.25, 0.3) is 0 Å². The van der Waals surface area contributed by atoms with Crippen LogP contribution >= 0.6 is 15.9 Å². The molecule has 0 aromatic carbocycles. The van der Waals surface area contributed by atoms with Crippen molar-refractivity contribution in [2.24, 2.45) is 5.73 Å². The number of nitrogens with zero attached hydrogens (tertiary/aromatic N) is 2. The van der Waals surface area contributed by atoms with E-state index in [4.69, 9.17) is 10.2 Å². The quantitative estimate of drug-likeness (QED) is 0.872. The fourth-order valence-electron chi connectivity index (χ4n) is 1.45. The highest BCUT2D eigenvalue weighted by atomic mass is 79.9. The molecule has 0 aliphatic rings. The second kappa shape index (κ2) is 4.89. The van der Waals surface area contributed by atoms with Crippen molar-refractivity contribution in [2.45, 2.75) is 17.7 Å². The minimum Gasteiger partial charge on any atom is -0.449 e. The Balaban J connectivity index is 2.18. The highest BCUT2D eigenvalue weighted by molar-refractivity contribution is 9.10. The molecule has 2 N–H and O–H groups in total. The van der Waals surface area contributed by atoms with Gasteiger partial charge in [0, 0.05) is 6.20 Å². The Labute approximate surface area is 113 Å². The summed E-state index contributed by atoms with van der Waals surface area (Å²) < 4.78 is 4.20. The Morgan fingerprint density at radius 3 is 2.78 bits per heavy atom. The summed E-state index contributed by atoms with van der Waals surface area (Å²) in [5.41, 5.74) is 6.83. The van der Waals surface area contributed by atoms with Crippen molar-refractivity contribution in [3.8, 4) is 0 Å². The second-order valence-corrected chi connectivity index (χ2v) is 5.61. The predicted octanol–water partition coefficient (Wildman–Crippen LogP) is 1.76. The summed E-state index contributed by atoms with van der Waals surface area (Å²) in [5, 5.41) is 0. The number of alkyl halides is 1. The zero-order valence-corrected chi connectivity index (χ0v) is 11.3. The van der Waals surface area contributed by atoms with Crippen LogP contribution in [0.5, 0.6) is 0 Å². The van der Waals surface area contributed by atoms with Crippen LogP contribution in [0.1, 0.15) is 24.1 Å². The molecule has 2 aromatic heterocycles. The number of hydrogen-bond acceptors (Lipinski definition) is 4. The van der Waals surface area contributed by atoms with Crippen molar-refractivity contribution >= 4 is 21.8 Å². The summed E-state index contributed by atoms with van der Waals surface area (Å²) in [6.45, 7) is 1.67. The van der Waals surface area contributed by atoms with Gasteiger partial charge >= 0.3 is 0 Å². The lowest BCUT2D eigenvalue weighted by atomic mass is 10.1. The average molecular weight is 310 g/mol. The van der Waals surface area contributed by atoms with E-state index in [0.717, 1.165) is 5.56 Å². The van der Waals surface area contributed by atoms with Gasteiger partial charge in [0.2, 0.25) is 5.91 Å². The van der Waals surface area contributed by atoms with Gasteiger partial charge in [0.25, 0.3) is 0 Å². The number of nitrogens with two attached hydrogens (primary N) is 1. The predicted molar refractivity (Wildman–Crippen MR) is 69.0 cm³/mol. The fourth-order valence-corrected chi connectivity index (χ4v) is 1.68. The molecule has 0 fully saturated rings. The van der Waals surface area contributed by atoms with E-state index in [0.29, 0.717) is 18.0 Å². The topological polar surface area (TPSA) is 82.0 Å². The van der Waals surface area contributed by atoms with E-state index in [1.54, 1.807) is 25.4 Å². The van der Waals surface area contributed by atoms with Gasteiger partial charge in [0.15, 0.2) is 5.89 Å². The van der Waals surface area contributed by atoms with E-state index in [-0.39, 0.29) is 0 Å². The van der Waals surface area contributed by atoms with Gasteiger partial charge in [0.05, 0.1) is 18.3 Å². The number of halogens is 1. The molecular weight excluding hydrogens is 298 g/mol. The maximum atomic E-state index is 11.3. The van der Waals surface area contributed by atoms with E-state index >= 15 is 0 Å².